The highest BCUT2D eigenvalue weighted by Gasteiger charge is 2.14. The van der Waals surface area contributed by atoms with Gasteiger partial charge in [0, 0.05) is 11.6 Å². The molecule has 1 aromatic carbocycles. The van der Waals surface area contributed by atoms with E-state index < -0.39 is 6.04 Å². The number of hydrogen-bond acceptors (Lipinski definition) is 4. The molecular formula is C13H14N2O3. The molecule has 5 heteroatoms. The number of hydrogen-bond donors (Lipinski definition) is 3. The number of aliphatic hydroxyl groups is 2. The number of fused-ring (bicyclic) bond motifs is 1. The summed E-state index contributed by atoms with van der Waals surface area (Å²) >= 11 is 0. The Morgan fingerprint density at radius 3 is 2.67 bits per heavy atom. The number of nitrogens with zero attached hydrogens (tertiary/aromatic N) is 1. The Labute approximate surface area is 104 Å². The molecule has 0 aliphatic rings. The lowest BCUT2D eigenvalue weighted by atomic mass is 10.1. The average molecular weight is 246 g/mol. The molecule has 0 saturated carbocycles. The van der Waals surface area contributed by atoms with E-state index in [0.717, 1.165) is 5.39 Å². The molecule has 1 heterocycles. The third kappa shape index (κ3) is 2.47. The highest BCUT2D eigenvalue weighted by Crippen LogP contribution is 2.15. The summed E-state index contributed by atoms with van der Waals surface area (Å²) < 4.78 is 0. The second kappa shape index (κ2) is 5.57. The van der Waals surface area contributed by atoms with Crippen LogP contribution in [0.5, 0.6) is 0 Å². The number of pyridine rings is 1. The highest BCUT2D eigenvalue weighted by molar-refractivity contribution is 6.05. The topological polar surface area (TPSA) is 82.5 Å². The highest BCUT2D eigenvalue weighted by atomic mass is 16.3. The number of rotatable bonds is 4. The lowest BCUT2D eigenvalue weighted by Gasteiger charge is -2.13. The third-order valence-corrected chi connectivity index (χ3v) is 2.65. The van der Waals surface area contributed by atoms with Crippen LogP contribution < -0.4 is 5.32 Å². The predicted molar refractivity (Wildman–Crippen MR) is 67.2 cm³/mol. The van der Waals surface area contributed by atoms with E-state index in [0.29, 0.717) is 11.1 Å². The fraction of sp³-hybridized carbons (Fsp3) is 0.231. The van der Waals surface area contributed by atoms with Gasteiger partial charge in [0.1, 0.15) is 0 Å². The second-order valence-electron chi connectivity index (χ2n) is 3.92. The van der Waals surface area contributed by atoms with Crippen molar-refractivity contribution < 1.29 is 15.0 Å². The van der Waals surface area contributed by atoms with Gasteiger partial charge in [-0.1, -0.05) is 18.2 Å². The van der Waals surface area contributed by atoms with Crippen molar-refractivity contribution in [3.63, 3.8) is 0 Å². The number of aromatic nitrogens is 1. The summed E-state index contributed by atoms with van der Waals surface area (Å²) in [4.78, 5) is 16.2. The molecule has 0 unspecified atom stereocenters. The number of carbonyl (C=O) groups is 1. The van der Waals surface area contributed by atoms with Gasteiger partial charge >= 0.3 is 0 Å². The molecule has 0 radical (unpaired) electrons. The lowest BCUT2D eigenvalue weighted by Crippen LogP contribution is -2.40. The van der Waals surface area contributed by atoms with Gasteiger partial charge in [-0.15, -0.1) is 0 Å². The van der Waals surface area contributed by atoms with Gasteiger partial charge in [-0.05, 0) is 12.1 Å². The molecule has 94 valence electrons. The maximum atomic E-state index is 12.0. The molecule has 2 rings (SSSR count). The molecule has 18 heavy (non-hydrogen) atoms. The van der Waals surface area contributed by atoms with E-state index in [1.807, 2.05) is 12.1 Å². The zero-order valence-electron chi connectivity index (χ0n) is 9.71. The lowest BCUT2D eigenvalue weighted by molar-refractivity contribution is 0.0881. The molecule has 0 aliphatic heterocycles. The number of carbonyl (C=O) groups excluding carboxylic acids is 1. The molecule has 0 fully saturated rings. The van der Waals surface area contributed by atoms with Crippen LogP contribution in [-0.2, 0) is 0 Å². The van der Waals surface area contributed by atoms with Crippen LogP contribution in [0.1, 0.15) is 10.4 Å². The number of para-hydroxylation sites is 1. The Morgan fingerprint density at radius 2 is 1.94 bits per heavy atom. The Balaban J connectivity index is 2.33. The molecule has 2 aromatic rings. The normalized spacial score (nSPS) is 10.8. The van der Waals surface area contributed by atoms with Crippen LogP contribution in [0.25, 0.3) is 10.9 Å². The second-order valence-corrected chi connectivity index (χ2v) is 3.92. The van der Waals surface area contributed by atoms with Gasteiger partial charge in [-0.2, -0.15) is 0 Å². The maximum absolute atomic E-state index is 12.0. The van der Waals surface area contributed by atoms with Crippen molar-refractivity contribution in [1.82, 2.24) is 10.3 Å². The average Bonchev–Trinajstić information content (AvgIpc) is 2.43. The Morgan fingerprint density at radius 1 is 1.22 bits per heavy atom. The quantitative estimate of drug-likeness (QED) is 0.725. The monoisotopic (exact) mass is 246 g/mol. The van der Waals surface area contributed by atoms with Gasteiger partial charge < -0.3 is 15.5 Å². The van der Waals surface area contributed by atoms with E-state index in [4.69, 9.17) is 10.2 Å². The molecule has 0 atom stereocenters. The minimum atomic E-state index is -0.656. The van der Waals surface area contributed by atoms with Crippen molar-refractivity contribution in [2.45, 2.75) is 6.04 Å². The third-order valence-electron chi connectivity index (χ3n) is 2.65. The fourth-order valence-electron chi connectivity index (χ4n) is 1.70. The number of amides is 1. The Bertz CT molecular complexity index is 547. The zero-order valence-corrected chi connectivity index (χ0v) is 9.71. The van der Waals surface area contributed by atoms with Crippen molar-refractivity contribution >= 4 is 16.8 Å². The summed E-state index contributed by atoms with van der Waals surface area (Å²) in [5.74, 6) is -0.354. The first-order chi connectivity index (χ1) is 8.76. The van der Waals surface area contributed by atoms with Crippen molar-refractivity contribution in [2.24, 2.45) is 0 Å². The zero-order chi connectivity index (χ0) is 13.0. The van der Waals surface area contributed by atoms with E-state index >= 15 is 0 Å². The molecule has 3 N–H and O–H groups in total. The molecule has 0 aliphatic carbocycles. The summed E-state index contributed by atoms with van der Waals surface area (Å²) in [6.07, 6.45) is 1.62. The van der Waals surface area contributed by atoms with Crippen molar-refractivity contribution in [1.29, 1.82) is 0 Å². The van der Waals surface area contributed by atoms with E-state index in [1.54, 1.807) is 24.4 Å². The fourth-order valence-corrected chi connectivity index (χ4v) is 1.70. The number of nitrogens with one attached hydrogen (secondary N) is 1. The first-order valence-corrected chi connectivity index (χ1v) is 5.62. The van der Waals surface area contributed by atoms with Gasteiger partial charge in [0.15, 0.2) is 0 Å². The molecule has 1 aromatic heterocycles. The first kappa shape index (κ1) is 12.5. The molecule has 0 saturated heterocycles. The van der Waals surface area contributed by atoms with Gasteiger partial charge in [0.2, 0.25) is 0 Å². The van der Waals surface area contributed by atoms with Crippen molar-refractivity contribution in [3.05, 3.63) is 42.1 Å². The minimum absolute atomic E-state index is 0.305. The molecular weight excluding hydrogens is 232 g/mol. The predicted octanol–water partition coefficient (Wildman–Crippen LogP) is 0.318. The van der Waals surface area contributed by atoms with Crippen LogP contribution in [0.3, 0.4) is 0 Å². The Kier molecular flexibility index (Phi) is 3.86. The van der Waals surface area contributed by atoms with Gasteiger partial charge in [0.05, 0.1) is 30.3 Å². The maximum Gasteiger partial charge on any atom is 0.253 e. The van der Waals surface area contributed by atoms with E-state index in [9.17, 15) is 4.79 Å². The van der Waals surface area contributed by atoms with Crippen LogP contribution in [0.15, 0.2) is 36.5 Å². The van der Waals surface area contributed by atoms with Crippen molar-refractivity contribution in [3.8, 4) is 0 Å². The standard InChI is InChI=1S/C13H14N2O3/c16-7-10(8-17)15-13(18)11-5-1-3-9-4-2-6-14-12(9)11/h1-6,10,16-17H,7-8H2,(H,15,18). The summed E-state index contributed by atoms with van der Waals surface area (Å²) in [5.41, 5.74) is 1.03. The van der Waals surface area contributed by atoms with Gasteiger partial charge in [-0.25, -0.2) is 0 Å². The van der Waals surface area contributed by atoms with Crippen molar-refractivity contribution in [2.75, 3.05) is 13.2 Å². The summed E-state index contributed by atoms with van der Waals surface area (Å²) in [7, 11) is 0. The van der Waals surface area contributed by atoms with Gasteiger partial charge in [-0.3, -0.25) is 9.78 Å². The van der Waals surface area contributed by atoms with Crippen LogP contribution in [0.4, 0.5) is 0 Å². The van der Waals surface area contributed by atoms with E-state index in [-0.39, 0.29) is 19.1 Å². The van der Waals surface area contributed by atoms with Crippen LogP contribution in [0.2, 0.25) is 0 Å². The molecule has 0 bridgehead atoms. The number of aliphatic hydroxyl groups excluding tert-OH is 2. The minimum Gasteiger partial charge on any atom is -0.394 e. The Hall–Kier alpha value is -1.98. The summed E-state index contributed by atoms with van der Waals surface area (Å²) in [6, 6.07) is 8.32. The summed E-state index contributed by atoms with van der Waals surface area (Å²) in [5, 5.41) is 21.3. The number of benzene rings is 1. The first-order valence-electron chi connectivity index (χ1n) is 5.62. The van der Waals surface area contributed by atoms with Crippen LogP contribution in [-0.4, -0.2) is 40.4 Å². The van der Waals surface area contributed by atoms with Gasteiger partial charge in [0.25, 0.3) is 5.91 Å². The molecule has 5 nitrogen and oxygen atoms in total. The molecule has 1 amide bonds. The van der Waals surface area contributed by atoms with Crippen LogP contribution >= 0.6 is 0 Å². The smallest absolute Gasteiger partial charge is 0.253 e. The largest absolute Gasteiger partial charge is 0.394 e. The summed E-state index contributed by atoms with van der Waals surface area (Å²) in [6.45, 7) is -0.610. The SMILES string of the molecule is O=C(NC(CO)CO)c1cccc2cccnc12. The van der Waals surface area contributed by atoms with Crippen LogP contribution in [0, 0.1) is 0 Å². The van der Waals surface area contributed by atoms with E-state index in [1.165, 1.54) is 0 Å². The van der Waals surface area contributed by atoms with E-state index in [2.05, 4.69) is 10.3 Å². The molecule has 0 spiro atoms.